The number of hydrogen-bond acceptors (Lipinski definition) is 6. The third-order valence-electron chi connectivity index (χ3n) is 6.55. The summed E-state index contributed by atoms with van der Waals surface area (Å²) in [5.41, 5.74) is 8.08. The van der Waals surface area contributed by atoms with Gasteiger partial charge in [0.25, 0.3) is 0 Å². The number of nitrogens with zero attached hydrogens (tertiary/aromatic N) is 4. The van der Waals surface area contributed by atoms with Crippen molar-refractivity contribution in [2.45, 2.75) is 46.5 Å². The number of amides is 1. The molecule has 0 bridgehead atoms. The Kier molecular flexibility index (Phi) is 6.28. The molecule has 2 aromatic carbocycles. The molecule has 0 unspecified atom stereocenters. The Bertz CT molecular complexity index is 1080. The first-order chi connectivity index (χ1) is 15.4. The van der Waals surface area contributed by atoms with Crippen molar-refractivity contribution in [1.82, 2.24) is 4.90 Å². The van der Waals surface area contributed by atoms with Gasteiger partial charge in [0.15, 0.2) is 5.71 Å². The number of aromatic hydroxyl groups is 1. The van der Waals surface area contributed by atoms with E-state index in [4.69, 9.17) is 0 Å². The minimum atomic E-state index is -0.291. The maximum absolute atomic E-state index is 13.0. The van der Waals surface area contributed by atoms with Gasteiger partial charge in [0, 0.05) is 0 Å². The number of likely N-dealkylation sites (tertiary alicyclic amines) is 1. The summed E-state index contributed by atoms with van der Waals surface area (Å²) in [4.78, 5) is 15.4. The Morgan fingerprint density at radius 2 is 1.88 bits per heavy atom. The normalized spacial score (nSPS) is 19.0. The number of piperidine rings is 1. The zero-order valence-corrected chi connectivity index (χ0v) is 19.2. The average Bonchev–Trinajstić information content (AvgIpc) is 3.08. The summed E-state index contributed by atoms with van der Waals surface area (Å²) >= 11 is 0. The van der Waals surface area contributed by atoms with Gasteiger partial charge in [0.2, 0.25) is 0 Å². The molecular formula is C25H31N5O2. The van der Waals surface area contributed by atoms with Gasteiger partial charge in [-0.15, -0.1) is 0 Å². The third-order valence-corrected chi connectivity index (χ3v) is 6.55. The maximum Gasteiger partial charge on any atom is 0.301 e. The van der Waals surface area contributed by atoms with Gasteiger partial charge >= 0.3 is 5.91 Å². The Balaban J connectivity index is 1.51. The molecule has 2 N–H and O–H groups in total. The van der Waals surface area contributed by atoms with Gasteiger partial charge in [0.05, 0.1) is 17.1 Å². The molecule has 1 fully saturated rings. The summed E-state index contributed by atoms with van der Waals surface area (Å²) in [5, 5.41) is 21.0. The lowest BCUT2D eigenvalue weighted by atomic mass is 9.88. The number of benzene rings is 2. The van der Waals surface area contributed by atoms with E-state index in [2.05, 4.69) is 27.5 Å². The number of carbonyl (C=O) groups excluding carboxylic acids is 1. The highest BCUT2D eigenvalue weighted by molar-refractivity contribution is 6.71. The van der Waals surface area contributed by atoms with Crippen molar-refractivity contribution >= 4 is 28.7 Å². The van der Waals surface area contributed by atoms with Crippen LogP contribution in [0.15, 0.2) is 46.6 Å². The van der Waals surface area contributed by atoms with Crippen LogP contribution in [0.2, 0.25) is 0 Å². The van der Waals surface area contributed by atoms with Crippen LogP contribution in [0, 0.1) is 13.8 Å². The number of rotatable bonds is 5. The van der Waals surface area contributed by atoms with E-state index < -0.39 is 0 Å². The van der Waals surface area contributed by atoms with E-state index in [0.717, 1.165) is 49.2 Å². The van der Waals surface area contributed by atoms with Gasteiger partial charge in [-0.3, -0.25) is 10.2 Å². The lowest BCUT2D eigenvalue weighted by Crippen LogP contribution is -2.32. The Labute approximate surface area is 189 Å². The first kappa shape index (κ1) is 22.0. The number of nitrogens with one attached hydrogen (secondary N) is 1. The Morgan fingerprint density at radius 1 is 1.12 bits per heavy atom. The van der Waals surface area contributed by atoms with Gasteiger partial charge in [-0.1, -0.05) is 25.1 Å². The second-order valence-electron chi connectivity index (χ2n) is 8.60. The first-order valence-corrected chi connectivity index (χ1v) is 11.2. The highest BCUT2D eigenvalue weighted by atomic mass is 16.3. The second-order valence-corrected chi connectivity index (χ2v) is 8.60. The van der Waals surface area contributed by atoms with Crippen LogP contribution in [-0.2, 0) is 4.79 Å². The van der Waals surface area contributed by atoms with Crippen LogP contribution in [0.5, 0.6) is 5.75 Å². The largest absolute Gasteiger partial charge is 0.505 e. The molecular weight excluding hydrogens is 402 g/mol. The van der Waals surface area contributed by atoms with Crippen molar-refractivity contribution in [3.8, 4) is 5.75 Å². The molecule has 0 saturated carbocycles. The predicted molar refractivity (Wildman–Crippen MR) is 130 cm³/mol. The van der Waals surface area contributed by atoms with Crippen molar-refractivity contribution in [3.63, 3.8) is 0 Å². The molecule has 2 aromatic rings. The van der Waals surface area contributed by atoms with Crippen molar-refractivity contribution in [2.75, 3.05) is 30.1 Å². The van der Waals surface area contributed by atoms with Gasteiger partial charge in [-0.05, 0) is 94.1 Å². The predicted octanol–water partition coefficient (Wildman–Crippen LogP) is 4.40. The summed E-state index contributed by atoms with van der Waals surface area (Å²) in [7, 11) is 0. The molecule has 0 aromatic heterocycles. The maximum atomic E-state index is 13.0. The molecule has 32 heavy (non-hydrogen) atoms. The monoisotopic (exact) mass is 433 g/mol. The van der Waals surface area contributed by atoms with E-state index in [1.54, 1.807) is 13.0 Å². The van der Waals surface area contributed by atoms with Crippen molar-refractivity contribution in [3.05, 3.63) is 53.1 Å². The number of anilines is 2. The van der Waals surface area contributed by atoms with Gasteiger partial charge in [0.1, 0.15) is 5.75 Å². The molecule has 4 rings (SSSR count). The van der Waals surface area contributed by atoms with Crippen LogP contribution in [0.3, 0.4) is 0 Å². The standard InChI is InChI=1S/C25H31N5O2/c1-5-29-13-11-19(12-14-29)21-7-6-8-22(24(21)31)26-27-23-18(4)28-30(25(23)32)20-10-9-16(2)17(3)15-20/h6-10,15,19,26,31H,5,11-14H2,1-4H3. The van der Waals surface area contributed by atoms with E-state index in [9.17, 15) is 9.90 Å². The summed E-state index contributed by atoms with van der Waals surface area (Å²) in [6.45, 7) is 11.1. The third kappa shape index (κ3) is 4.25. The fraction of sp³-hybridized carbons (Fsp3) is 0.400. The minimum absolute atomic E-state index is 0.206. The van der Waals surface area contributed by atoms with E-state index in [1.165, 1.54) is 5.01 Å². The number of phenolic OH excluding ortho intramolecular Hbond substituents is 1. The molecule has 168 valence electrons. The van der Waals surface area contributed by atoms with Crippen molar-refractivity contribution < 1.29 is 9.90 Å². The second kappa shape index (κ2) is 9.12. The summed E-state index contributed by atoms with van der Waals surface area (Å²) in [5.74, 6) is 0.238. The number of phenols is 1. The Morgan fingerprint density at radius 3 is 2.56 bits per heavy atom. The average molecular weight is 434 g/mol. The summed E-state index contributed by atoms with van der Waals surface area (Å²) < 4.78 is 0. The number of hydrogen-bond donors (Lipinski definition) is 2. The molecule has 0 radical (unpaired) electrons. The number of aryl methyl sites for hydroxylation is 2. The molecule has 0 spiro atoms. The fourth-order valence-corrected chi connectivity index (χ4v) is 4.32. The van der Waals surface area contributed by atoms with E-state index >= 15 is 0 Å². The van der Waals surface area contributed by atoms with Gasteiger partial charge in [-0.2, -0.15) is 15.2 Å². The zero-order chi connectivity index (χ0) is 22.8. The molecule has 1 amide bonds. The Hall–Kier alpha value is -3.19. The minimum Gasteiger partial charge on any atom is -0.505 e. The SMILES string of the molecule is CCN1CCC(c2cccc(NN=C3C(=O)N(c4ccc(C)c(C)c4)N=C3C)c2O)CC1. The van der Waals surface area contributed by atoms with Crippen LogP contribution in [-0.4, -0.2) is 47.0 Å². The molecule has 7 heteroatoms. The van der Waals surface area contributed by atoms with Crippen molar-refractivity contribution in [2.24, 2.45) is 10.2 Å². The molecule has 0 atom stereocenters. The fourth-order valence-electron chi connectivity index (χ4n) is 4.32. The topological polar surface area (TPSA) is 80.5 Å². The number of para-hydroxylation sites is 1. The highest BCUT2D eigenvalue weighted by Gasteiger charge is 2.31. The number of hydrazone groups is 2. The molecule has 2 heterocycles. The zero-order valence-electron chi connectivity index (χ0n) is 19.2. The molecule has 1 saturated heterocycles. The van der Waals surface area contributed by atoms with Gasteiger partial charge in [-0.25, -0.2) is 0 Å². The summed E-state index contributed by atoms with van der Waals surface area (Å²) in [6, 6.07) is 11.5. The van der Waals surface area contributed by atoms with E-state index in [1.807, 2.05) is 44.2 Å². The molecule has 0 aliphatic carbocycles. The van der Waals surface area contributed by atoms with Gasteiger partial charge < -0.3 is 10.0 Å². The summed E-state index contributed by atoms with van der Waals surface area (Å²) in [6.07, 6.45) is 2.04. The van der Waals surface area contributed by atoms with Crippen LogP contribution in [0.25, 0.3) is 0 Å². The quantitative estimate of drug-likeness (QED) is 0.541. The van der Waals surface area contributed by atoms with Crippen LogP contribution < -0.4 is 10.4 Å². The molecule has 7 nitrogen and oxygen atoms in total. The van der Waals surface area contributed by atoms with Crippen LogP contribution >= 0.6 is 0 Å². The van der Waals surface area contributed by atoms with Crippen LogP contribution in [0.4, 0.5) is 11.4 Å². The lowest BCUT2D eigenvalue weighted by molar-refractivity contribution is -0.112. The van der Waals surface area contributed by atoms with E-state index in [0.29, 0.717) is 23.0 Å². The number of carbonyl (C=O) groups is 1. The molecule has 2 aliphatic heterocycles. The van der Waals surface area contributed by atoms with Crippen molar-refractivity contribution in [1.29, 1.82) is 0 Å². The lowest BCUT2D eigenvalue weighted by Gasteiger charge is -2.31. The van der Waals surface area contributed by atoms with E-state index in [-0.39, 0.29) is 17.4 Å². The first-order valence-electron chi connectivity index (χ1n) is 11.2. The highest BCUT2D eigenvalue weighted by Crippen LogP contribution is 2.38. The van der Waals surface area contributed by atoms with Crippen LogP contribution in [0.1, 0.15) is 49.3 Å². The molecule has 2 aliphatic rings. The smallest absolute Gasteiger partial charge is 0.301 e.